The van der Waals surface area contributed by atoms with Gasteiger partial charge in [-0.1, -0.05) is 6.92 Å². The second-order valence-electron chi connectivity index (χ2n) is 5.65. The average Bonchev–Trinajstić information content (AvgIpc) is 2.80. The Morgan fingerprint density at radius 2 is 2.24 bits per heavy atom. The van der Waals surface area contributed by atoms with Crippen LogP contribution in [-0.2, 0) is 24.1 Å². The van der Waals surface area contributed by atoms with Crippen molar-refractivity contribution < 1.29 is 4.74 Å². The molecule has 0 radical (unpaired) electrons. The van der Waals surface area contributed by atoms with E-state index in [1.54, 1.807) is 0 Å². The maximum absolute atomic E-state index is 5.97. The van der Waals surface area contributed by atoms with E-state index in [2.05, 4.69) is 56.8 Å². The highest BCUT2D eigenvalue weighted by atomic mass is 79.9. The number of aromatic nitrogens is 2. The molecule has 2 unspecified atom stereocenters. The third-order valence-corrected chi connectivity index (χ3v) is 5.14. The second kappa shape index (κ2) is 7.72. The largest absolute Gasteiger partial charge is 0.374 e. The van der Waals surface area contributed by atoms with E-state index in [-0.39, 0.29) is 6.10 Å². The molecule has 1 aliphatic rings. The molecule has 21 heavy (non-hydrogen) atoms. The van der Waals surface area contributed by atoms with Crippen LogP contribution in [0.25, 0.3) is 0 Å². The molecule has 5 nitrogen and oxygen atoms in total. The summed E-state index contributed by atoms with van der Waals surface area (Å²) in [5.74, 6) is 0. The summed E-state index contributed by atoms with van der Waals surface area (Å²) in [6.45, 7) is 7.99. The van der Waals surface area contributed by atoms with Gasteiger partial charge in [-0.2, -0.15) is 5.10 Å². The summed E-state index contributed by atoms with van der Waals surface area (Å²) >= 11 is 3.73. The Hall–Kier alpha value is -0.430. The van der Waals surface area contributed by atoms with E-state index in [4.69, 9.17) is 4.74 Å². The molecule has 1 N–H and O–H groups in total. The quantitative estimate of drug-likeness (QED) is 0.840. The maximum Gasteiger partial charge on any atom is 0.0858 e. The molecular weight excluding hydrogens is 332 g/mol. The van der Waals surface area contributed by atoms with Gasteiger partial charge in [0, 0.05) is 32.1 Å². The molecule has 0 aromatic carbocycles. The predicted octanol–water partition coefficient (Wildman–Crippen LogP) is 1.69. The molecule has 2 rings (SSSR count). The number of hydrogen-bond donors (Lipinski definition) is 1. The number of nitrogens with zero attached hydrogens (tertiary/aromatic N) is 3. The highest BCUT2D eigenvalue weighted by Crippen LogP contribution is 2.25. The lowest BCUT2D eigenvalue weighted by molar-refractivity contribution is -0.0375. The van der Waals surface area contributed by atoms with E-state index >= 15 is 0 Å². The molecule has 0 spiro atoms. The van der Waals surface area contributed by atoms with Crippen molar-refractivity contribution in [3.63, 3.8) is 0 Å². The Balaban J connectivity index is 2.16. The number of rotatable bonds is 6. The van der Waals surface area contributed by atoms with Crippen LogP contribution >= 0.6 is 15.9 Å². The SMILES string of the molecule is CCc1nn(CC)c(CC(NC)C2CN(C)CCO2)c1Br. The maximum atomic E-state index is 5.97. The zero-order chi connectivity index (χ0) is 15.4. The van der Waals surface area contributed by atoms with Gasteiger partial charge in [-0.3, -0.25) is 4.68 Å². The third kappa shape index (κ3) is 3.86. The average molecular weight is 359 g/mol. The molecular formula is C15H27BrN4O. The number of aryl methyl sites for hydroxylation is 2. The molecule has 0 amide bonds. The molecule has 1 aliphatic heterocycles. The monoisotopic (exact) mass is 358 g/mol. The Kier molecular flexibility index (Phi) is 6.22. The zero-order valence-corrected chi connectivity index (χ0v) is 15.1. The molecule has 2 heterocycles. The van der Waals surface area contributed by atoms with Gasteiger partial charge in [-0.25, -0.2) is 0 Å². The molecule has 1 aromatic heterocycles. The molecule has 120 valence electrons. The summed E-state index contributed by atoms with van der Waals surface area (Å²) < 4.78 is 9.25. The molecule has 0 aliphatic carbocycles. The van der Waals surface area contributed by atoms with Crippen LogP contribution in [0, 0.1) is 0 Å². The summed E-state index contributed by atoms with van der Waals surface area (Å²) in [5, 5.41) is 8.12. The number of halogens is 1. The lowest BCUT2D eigenvalue weighted by Crippen LogP contribution is -2.51. The van der Waals surface area contributed by atoms with Gasteiger partial charge in [-0.05, 0) is 43.4 Å². The van der Waals surface area contributed by atoms with Gasteiger partial charge in [-0.15, -0.1) is 0 Å². The summed E-state index contributed by atoms with van der Waals surface area (Å²) in [7, 11) is 4.17. The van der Waals surface area contributed by atoms with Crippen LogP contribution in [0.2, 0.25) is 0 Å². The molecule has 2 atom stereocenters. The van der Waals surface area contributed by atoms with Crippen molar-refractivity contribution >= 4 is 15.9 Å². The Labute approximate surface area is 136 Å². The van der Waals surface area contributed by atoms with E-state index in [9.17, 15) is 0 Å². The van der Waals surface area contributed by atoms with Crippen molar-refractivity contribution in [3.8, 4) is 0 Å². The fraction of sp³-hybridized carbons (Fsp3) is 0.800. The number of nitrogens with one attached hydrogen (secondary N) is 1. The number of ether oxygens (including phenoxy) is 1. The zero-order valence-electron chi connectivity index (χ0n) is 13.5. The van der Waals surface area contributed by atoms with Crippen molar-refractivity contribution in [2.45, 2.75) is 45.4 Å². The first-order valence-electron chi connectivity index (χ1n) is 7.82. The summed E-state index contributed by atoms with van der Waals surface area (Å²) in [6, 6.07) is 0.302. The van der Waals surface area contributed by atoms with Crippen molar-refractivity contribution in [2.24, 2.45) is 0 Å². The third-order valence-electron chi connectivity index (χ3n) is 4.22. The van der Waals surface area contributed by atoms with Gasteiger partial charge in [0.05, 0.1) is 28.6 Å². The van der Waals surface area contributed by atoms with Crippen LogP contribution in [-0.4, -0.2) is 60.6 Å². The van der Waals surface area contributed by atoms with Gasteiger partial charge in [0.15, 0.2) is 0 Å². The van der Waals surface area contributed by atoms with E-state index < -0.39 is 0 Å². The summed E-state index contributed by atoms with van der Waals surface area (Å²) in [5.41, 5.74) is 2.41. The molecule has 1 aromatic rings. The molecule has 0 bridgehead atoms. The van der Waals surface area contributed by atoms with Crippen LogP contribution in [0.5, 0.6) is 0 Å². The van der Waals surface area contributed by atoms with Crippen molar-refractivity contribution in [1.82, 2.24) is 20.0 Å². The summed E-state index contributed by atoms with van der Waals surface area (Å²) in [6.07, 6.45) is 2.11. The Bertz CT molecular complexity index is 463. The van der Waals surface area contributed by atoms with Gasteiger partial charge < -0.3 is 15.0 Å². The first-order valence-corrected chi connectivity index (χ1v) is 8.61. The van der Waals surface area contributed by atoms with Crippen LogP contribution in [0.15, 0.2) is 4.47 Å². The fourth-order valence-corrected chi connectivity index (χ4v) is 3.62. The number of likely N-dealkylation sites (N-methyl/N-ethyl adjacent to an activating group) is 2. The fourth-order valence-electron chi connectivity index (χ4n) is 2.89. The van der Waals surface area contributed by atoms with Crippen molar-refractivity contribution in [1.29, 1.82) is 0 Å². The van der Waals surface area contributed by atoms with Crippen LogP contribution in [0.1, 0.15) is 25.2 Å². The van der Waals surface area contributed by atoms with Gasteiger partial charge in [0.2, 0.25) is 0 Å². The van der Waals surface area contributed by atoms with Gasteiger partial charge in [0.1, 0.15) is 0 Å². The minimum absolute atomic E-state index is 0.228. The molecule has 1 saturated heterocycles. The van der Waals surface area contributed by atoms with Crippen LogP contribution in [0.3, 0.4) is 0 Å². The highest BCUT2D eigenvalue weighted by Gasteiger charge is 2.28. The van der Waals surface area contributed by atoms with Crippen molar-refractivity contribution in [3.05, 3.63) is 15.9 Å². The summed E-state index contributed by atoms with van der Waals surface area (Å²) in [4.78, 5) is 2.34. The normalized spacial score (nSPS) is 21.7. The number of hydrogen-bond acceptors (Lipinski definition) is 4. The molecule has 0 saturated carbocycles. The van der Waals surface area contributed by atoms with Crippen LogP contribution in [0.4, 0.5) is 0 Å². The Morgan fingerprint density at radius 1 is 1.48 bits per heavy atom. The van der Waals surface area contributed by atoms with Crippen LogP contribution < -0.4 is 5.32 Å². The van der Waals surface area contributed by atoms with E-state index in [1.165, 1.54) is 5.69 Å². The van der Waals surface area contributed by atoms with Gasteiger partial charge in [0.25, 0.3) is 0 Å². The highest BCUT2D eigenvalue weighted by molar-refractivity contribution is 9.10. The standard InChI is InChI=1S/C15H27BrN4O/c1-5-11-15(16)13(20(6-2)18-11)9-12(17-3)14-10-19(4)7-8-21-14/h12,14,17H,5-10H2,1-4H3. The predicted molar refractivity (Wildman–Crippen MR) is 88.8 cm³/mol. The molecule has 6 heteroatoms. The lowest BCUT2D eigenvalue weighted by atomic mass is 10.0. The van der Waals surface area contributed by atoms with E-state index in [0.29, 0.717) is 6.04 Å². The number of morpholine rings is 1. The minimum atomic E-state index is 0.228. The second-order valence-corrected chi connectivity index (χ2v) is 6.44. The minimum Gasteiger partial charge on any atom is -0.374 e. The van der Waals surface area contributed by atoms with E-state index in [0.717, 1.165) is 49.2 Å². The lowest BCUT2D eigenvalue weighted by Gasteiger charge is -2.35. The van der Waals surface area contributed by atoms with Gasteiger partial charge >= 0.3 is 0 Å². The van der Waals surface area contributed by atoms with Crippen molar-refractivity contribution in [2.75, 3.05) is 33.8 Å². The van der Waals surface area contributed by atoms with E-state index in [1.807, 2.05) is 7.05 Å². The topological polar surface area (TPSA) is 42.3 Å². The smallest absolute Gasteiger partial charge is 0.0858 e. The first-order chi connectivity index (χ1) is 10.1. The Morgan fingerprint density at radius 3 is 2.81 bits per heavy atom. The first kappa shape index (κ1) is 16.9. The molecule has 1 fully saturated rings.